The maximum absolute atomic E-state index is 13.1. The Bertz CT molecular complexity index is 947. The second-order valence-corrected chi connectivity index (χ2v) is 10.3. The Morgan fingerprint density at radius 2 is 2.04 bits per heavy atom. The molecule has 2 fully saturated rings. The number of fused-ring (bicyclic) bond motifs is 2. The van der Waals surface area contributed by atoms with Crippen LogP contribution in [-0.2, 0) is 13.6 Å². The number of nitrogens with zero attached hydrogens (tertiary/aromatic N) is 4. The third-order valence-corrected chi connectivity index (χ3v) is 8.50. The number of nitrogens with two attached hydrogens (primary N) is 1. The molecule has 0 unspecified atom stereocenters. The molecule has 154 valence electrons. The van der Waals surface area contributed by atoms with E-state index in [9.17, 15) is 14.8 Å². The lowest BCUT2D eigenvalue weighted by molar-refractivity contribution is -0.0141. The summed E-state index contributed by atoms with van der Waals surface area (Å²) in [6.07, 6.45) is 0.139. The van der Waals surface area contributed by atoms with Gasteiger partial charge in [-0.3, -0.25) is 4.57 Å². The van der Waals surface area contributed by atoms with Crippen molar-refractivity contribution in [2.24, 2.45) is 11.3 Å². The molecule has 0 saturated heterocycles. The van der Waals surface area contributed by atoms with Gasteiger partial charge in [0.15, 0.2) is 15.3 Å². The van der Waals surface area contributed by atoms with Crippen LogP contribution in [0.1, 0.15) is 26.3 Å². The summed E-state index contributed by atoms with van der Waals surface area (Å²) in [5.41, 5.74) is 6.18. The molecule has 10 nitrogen and oxygen atoms in total. The van der Waals surface area contributed by atoms with Gasteiger partial charge in [-0.25, -0.2) is 15.0 Å². The highest BCUT2D eigenvalue weighted by Gasteiger charge is 2.73. The van der Waals surface area contributed by atoms with Gasteiger partial charge in [0.25, 0.3) is 0 Å². The molecule has 0 amide bonds. The topological polar surface area (TPSA) is 146 Å². The second kappa shape index (κ2) is 7.13. The summed E-state index contributed by atoms with van der Waals surface area (Å²) in [5, 5.41) is 21.6. The first kappa shape index (κ1) is 20.4. The van der Waals surface area contributed by atoms with E-state index in [0.717, 1.165) is 0 Å². The zero-order valence-corrected chi connectivity index (χ0v) is 18.6. The molecule has 2 aliphatic carbocycles. The van der Waals surface area contributed by atoms with E-state index < -0.39 is 31.3 Å². The minimum absolute atomic E-state index is 0.0718. The molecule has 12 heteroatoms. The van der Waals surface area contributed by atoms with Crippen molar-refractivity contribution in [2.75, 3.05) is 25.1 Å². The van der Waals surface area contributed by atoms with E-state index in [0.29, 0.717) is 21.4 Å². The number of imidazole rings is 1. The predicted molar refractivity (Wildman–Crippen MR) is 110 cm³/mol. The smallest absolute Gasteiger partial charge is 0.331 e. The highest BCUT2D eigenvalue weighted by molar-refractivity contribution is 14.1. The predicted octanol–water partition coefficient (Wildman–Crippen LogP) is 1.56. The molecule has 0 bridgehead atoms. The zero-order chi connectivity index (χ0) is 20.3. The molecule has 4 N–H and O–H groups in total. The molecule has 0 spiro atoms. The van der Waals surface area contributed by atoms with Crippen molar-refractivity contribution in [3.63, 3.8) is 0 Å². The van der Waals surface area contributed by atoms with Crippen LogP contribution < -0.4 is 5.73 Å². The highest BCUT2D eigenvalue weighted by atomic mass is 127. The summed E-state index contributed by atoms with van der Waals surface area (Å²) in [6.45, 7) is 4.00. The Hall–Kier alpha value is -0.850. The van der Waals surface area contributed by atoms with Crippen LogP contribution in [0.2, 0.25) is 0 Å². The van der Waals surface area contributed by atoms with Crippen molar-refractivity contribution in [3.05, 3.63) is 10.2 Å². The summed E-state index contributed by atoms with van der Waals surface area (Å²) in [6, 6.07) is -0.457. The highest BCUT2D eigenvalue weighted by Crippen LogP contribution is 2.73. The normalized spacial score (nSPS) is 32.0. The molecule has 2 aliphatic rings. The van der Waals surface area contributed by atoms with Crippen molar-refractivity contribution < 1.29 is 23.8 Å². The quantitative estimate of drug-likeness (QED) is 0.280. The third kappa shape index (κ3) is 3.07. The van der Waals surface area contributed by atoms with Crippen LogP contribution in [0.25, 0.3) is 11.2 Å². The number of aliphatic hydroxyl groups excluding tert-OH is 2. The van der Waals surface area contributed by atoms with Crippen LogP contribution in [0.5, 0.6) is 0 Å². The van der Waals surface area contributed by atoms with Gasteiger partial charge in [0.05, 0.1) is 37.8 Å². The monoisotopic (exact) mass is 523 g/mol. The lowest BCUT2D eigenvalue weighted by atomic mass is 10.0. The number of halogens is 1. The van der Waals surface area contributed by atoms with Crippen LogP contribution in [0.4, 0.5) is 5.82 Å². The standard InChI is InChI=1S/C16H23IN5O5P/c1-3-26-28(25,27-4-2)6-16-5-8(16)10(11(23)12(16)24)22-7-19-9-13(18)20-15(17)21-14(9)22/h7-8,10-12,23-24H,3-6H2,1-2H3,(H2,18,20,21)/t8-,10-,11+,12+,16+/m1/s1. The van der Waals surface area contributed by atoms with E-state index in [2.05, 4.69) is 15.0 Å². The fourth-order valence-corrected chi connectivity index (χ4v) is 7.37. The van der Waals surface area contributed by atoms with Crippen molar-refractivity contribution in [2.45, 2.75) is 38.5 Å². The maximum Gasteiger partial charge on any atom is 0.331 e. The van der Waals surface area contributed by atoms with Crippen molar-refractivity contribution in [1.29, 1.82) is 0 Å². The van der Waals surface area contributed by atoms with Crippen LogP contribution in [-0.4, -0.2) is 61.3 Å². The molecule has 0 radical (unpaired) electrons. The van der Waals surface area contributed by atoms with Crippen molar-refractivity contribution in [3.8, 4) is 0 Å². The molecule has 0 aliphatic heterocycles. The van der Waals surface area contributed by atoms with Gasteiger partial charge in [0, 0.05) is 28.0 Å². The summed E-state index contributed by atoms with van der Waals surface area (Å²) in [4.78, 5) is 12.8. The lowest BCUT2D eigenvalue weighted by Gasteiger charge is -2.26. The van der Waals surface area contributed by atoms with Crippen LogP contribution in [0.3, 0.4) is 0 Å². The first-order valence-electron chi connectivity index (χ1n) is 9.16. The van der Waals surface area contributed by atoms with Crippen LogP contribution >= 0.6 is 30.2 Å². The minimum Gasteiger partial charge on any atom is -0.390 e. The van der Waals surface area contributed by atoms with Gasteiger partial charge in [-0.05, 0) is 26.2 Å². The van der Waals surface area contributed by atoms with Crippen molar-refractivity contribution in [1.82, 2.24) is 19.5 Å². The number of hydrogen-bond acceptors (Lipinski definition) is 9. The zero-order valence-electron chi connectivity index (χ0n) is 15.5. The molecular weight excluding hydrogens is 500 g/mol. The van der Waals surface area contributed by atoms with Gasteiger partial charge in [-0.1, -0.05) is 0 Å². The fourth-order valence-electron chi connectivity index (χ4n) is 4.56. The first-order valence-corrected chi connectivity index (χ1v) is 12.0. The van der Waals surface area contributed by atoms with Gasteiger partial charge in [-0.15, -0.1) is 0 Å². The van der Waals surface area contributed by atoms with E-state index in [-0.39, 0.29) is 31.1 Å². The molecule has 2 heterocycles. The fraction of sp³-hybridized carbons (Fsp3) is 0.688. The summed E-state index contributed by atoms with van der Waals surface area (Å²) >= 11 is 1.97. The number of aliphatic hydroxyl groups is 2. The summed E-state index contributed by atoms with van der Waals surface area (Å²) in [7, 11) is -3.37. The Labute approximate surface area is 175 Å². The largest absolute Gasteiger partial charge is 0.390 e. The Morgan fingerprint density at radius 3 is 2.68 bits per heavy atom. The van der Waals surface area contributed by atoms with E-state index in [1.54, 1.807) is 24.7 Å². The minimum atomic E-state index is -3.37. The Kier molecular flexibility index (Phi) is 5.20. The number of nitrogen functional groups attached to an aromatic ring is 1. The molecule has 2 aromatic rings. The molecule has 5 atom stereocenters. The van der Waals surface area contributed by atoms with Gasteiger partial charge in [-0.2, -0.15) is 0 Å². The van der Waals surface area contributed by atoms with Gasteiger partial charge in [0.2, 0.25) is 0 Å². The third-order valence-electron chi connectivity index (χ3n) is 5.73. The summed E-state index contributed by atoms with van der Waals surface area (Å²) in [5.74, 6) is 0.165. The van der Waals surface area contributed by atoms with E-state index in [4.69, 9.17) is 14.8 Å². The van der Waals surface area contributed by atoms with E-state index in [1.165, 1.54) is 0 Å². The lowest BCUT2D eigenvalue weighted by Crippen LogP contribution is -2.35. The number of rotatable bonds is 7. The average molecular weight is 523 g/mol. The average Bonchev–Trinajstić information content (AvgIpc) is 3.08. The molecule has 28 heavy (non-hydrogen) atoms. The van der Waals surface area contributed by atoms with Gasteiger partial charge < -0.3 is 29.6 Å². The molecular formula is C16H23IN5O5P. The maximum atomic E-state index is 13.1. The first-order chi connectivity index (χ1) is 13.3. The van der Waals surface area contributed by atoms with Gasteiger partial charge in [0.1, 0.15) is 11.6 Å². The number of aromatic nitrogens is 4. The van der Waals surface area contributed by atoms with Crippen LogP contribution in [0.15, 0.2) is 6.33 Å². The molecule has 0 aromatic carbocycles. The van der Waals surface area contributed by atoms with Crippen LogP contribution in [0, 0.1) is 15.2 Å². The van der Waals surface area contributed by atoms with Crippen molar-refractivity contribution >= 4 is 47.2 Å². The number of hydrogen-bond donors (Lipinski definition) is 3. The molecule has 4 rings (SSSR count). The summed E-state index contributed by atoms with van der Waals surface area (Å²) < 4.78 is 26.1. The molecule has 2 aromatic heterocycles. The Balaban J connectivity index is 1.69. The number of anilines is 1. The van der Waals surface area contributed by atoms with E-state index >= 15 is 0 Å². The molecule has 2 saturated carbocycles. The Morgan fingerprint density at radius 1 is 1.36 bits per heavy atom. The van der Waals surface area contributed by atoms with E-state index in [1.807, 2.05) is 22.6 Å². The SMILES string of the molecule is CCOP(=O)(C[C@@]12C[C@@H]1[C@@H](n1cnc3c(N)nc(I)nc31)[C@H](O)[C@@H]2O)OCC. The second-order valence-electron chi connectivity index (χ2n) is 7.28. The van der Waals surface area contributed by atoms with Gasteiger partial charge >= 0.3 is 7.60 Å².